The molecule has 2 N–H and O–H groups in total. The molecule has 10 heteroatoms. The van der Waals surface area contributed by atoms with Crippen LogP contribution in [0.3, 0.4) is 0 Å². The number of benzene rings is 2. The summed E-state index contributed by atoms with van der Waals surface area (Å²) in [6.45, 7) is -0.183. The van der Waals surface area contributed by atoms with Gasteiger partial charge >= 0.3 is 6.18 Å². The SMILES string of the molecule is NC(=O)[C@@H]1CCC[C@@H]1N(Cc1ccc(C(F)(F)F)cc1)S(=O)(=O)c1ccc(Cl)cc1. The second kappa shape index (κ2) is 8.56. The van der Waals surface area contributed by atoms with E-state index in [1.807, 2.05) is 0 Å². The maximum Gasteiger partial charge on any atom is 0.416 e. The van der Waals surface area contributed by atoms with E-state index in [-0.39, 0.29) is 11.4 Å². The quantitative estimate of drug-likeness (QED) is 0.701. The number of sulfonamides is 1. The Balaban J connectivity index is 1.99. The average molecular weight is 461 g/mol. The summed E-state index contributed by atoms with van der Waals surface area (Å²) in [5.74, 6) is -1.26. The standard InChI is InChI=1S/C20H20ClF3N2O3S/c21-15-8-10-16(11-9-15)30(28,29)26(18-3-1-2-17(18)19(25)27)12-13-4-6-14(7-5-13)20(22,23)24/h4-11,17-18H,1-3,12H2,(H2,25,27)/t17-,18+/m1/s1. The average Bonchev–Trinajstić information content (AvgIpc) is 3.15. The lowest BCUT2D eigenvalue weighted by atomic mass is 10.0. The molecule has 5 nitrogen and oxygen atoms in total. The van der Waals surface area contributed by atoms with Crippen LogP contribution >= 0.6 is 11.6 Å². The van der Waals surface area contributed by atoms with Crippen LogP contribution in [0.2, 0.25) is 5.02 Å². The Hall–Kier alpha value is -2.10. The van der Waals surface area contributed by atoms with Gasteiger partial charge in [-0.05, 0) is 54.8 Å². The van der Waals surface area contributed by atoms with Crippen molar-refractivity contribution >= 4 is 27.5 Å². The van der Waals surface area contributed by atoms with Crippen molar-refractivity contribution < 1.29 is 26.4 Å². The lowest BCUT2D eigenvalue weighted by molar-refractivity contribution is -0.137. The Morgan fingerprint density at radius 2 is 1.67 bits per heavy atom. The van der Waals surface area contributed by atoms with Crippen molar-refractivity contribution in [3.05, 3.63) is 64.7 Å². The summed E-state index contributed by atoms with van der Waals surface area (Å²) in [6.07, 6.45) is -2.98. The van der Waals surface area contributed by atoms with Gasteiger partial charge in [0.25, 0.3) is 0 Å². The van der Waals surface area contributed by atoms with E-state index in [0.29, 0.717) is 29.8 Å². The Bertz CT molecular complexity index is 1010. The van der Waals surface area contributed by atoms with Crippen LogP contribution in [-0.4, -0.2) is 24.7 Å². The molecule has 162 valence electrons. The van der Waals surface area contributed by atoms with E-state index < -0.39 is 39.6 Å². The first kappa shape index (κ1) is 22.6. The van der Waals surface area contributed by atoms with Crippen LogP contribution in [-0.2, 0) is 27.5 Å². The molecule has 1 fully saturated rings. The number of hydrogen-bond acceptors (Lipinski definition) is 3. The van der Waals surface area contributed by atoms with E-state index in [1.165, 1.54) is 40.7 Å². The Labute approximate surface area is 177 Å². The van der Waals surface area contributed by atoms with E-state index in [9.17, 15) is 26.4 Å². The summed E-state index contributed by atoms with van der Waals surface area (Å²) in [7, 11) is -4.06. The van der Waals surface area contributed by atoms with E-state index in [0.717, 1.165) is 12.1 Å². The number of alkyl halides is 3. The summed E-state index contributed by atoms with van der Waals surface area (Å²) in [4.78, 5) is 11.9. The smallest absolute Gasteiger partial charge is 0.369 e. The zero-order chi connectivity index (χ0) is 22.1. The zero-order valence-corrected chi connectivity index (χ0v) is 17.3. The van der Waals surface area contributed by atoms with Crippen LogP contribution in [0.4, 0.5) is 13.2 Å². The Morgan fingerprint density at radius 1 is 1.07 bits per heavy atom. The minimum absolute atomic E-state index is 0.0195. The minimum Gasteiger partial charge on any atom is -0.369 e. The monoisotopic (exact) mass is 460 g/mol. The summed E-state index contributed by atoms with van der Waals surface area (Å²) in [5, 5.41) is 0.360. The predicted molar refractivity (Wildman–Crippen MR) is 106 cm³/mol. The van der Waals surface area contributed by atoms with Gasteiger partial charge in [-0.2, -0.15) is 17.5 Å². The number of carbonyl (C=O) groups is 1. The molecule has 30 heavy (non-hydrogen) atoms. The van der Waals surface area contributed by atoms with Crippen LogP contribution < -0.4 is 5.73 Å². The number of hydrogen-bond donors (Lipinski definition) is 1. The van der Waals surface area contributed by atoms with Crippen LogP contribution in [0.25, 0.3) is 0 Å². The van der Waals surface area contributed by atoms with E-state index in [4.69, 9.17) is 17.3 Å². The van der Waals surface area contributed by atoms with Gasteiger partial charge in [-0.3, -0.25) is 4.79 Å². The van der Waals surface area contributed by atoms with Crippen molar-refractivity contribution in [3.8, 4) is 0 Å². The summed E-state index contributed by atoms with van der Waals surface area (Å²) < 4.78 is 66.5. The molecule has 1 aliphatic carbocycles. The molecule has 2 aromatic carbocycles. The zero-order valence-electron chi connectivity index (χ0n) is 15.8. The molecule has 0 radical (unpaired) electrons. The lowest BCUT2D eigenvalue weighted by Crippen LogP contribution is -2.45. The third kappa shape index (κ3) is 4.79. The van der Waals surface area contributed by atoms with Gasteiger partial charge in [-0.15, -0.1) is 0 Å². The number of amides is 1. The van der Waals surface area contributed by atoms with E-state index >= 15 is 0 Å². The second-order valence-electron chi connectivity index (χ2n) is 7.21. The largest absolute Gasteiger partial charge is 0.416 e. The van der Waals surface area contributed by atoms with Gasteiger partial charge in [-0.25, -0.2) is 8.42 Å². The van der Waals surface area contributed by atoms with Crippen LogP contribution in [0.15, 0.2) is 53.4 Å². The number of halogens is 4. The molecule has 2 aromatic rings. The molecule has 1 amide bonds. The first-order chi connectivity index (χ1) is 14.0. The second-order valence-corrected chi connectivity index (χ2v) is 9.53. The highest BCUT2D eigenvalue weighted by Crippen LogP contribution is 2.35. The summed E-state index contributed by atoms with van der Waals surface area (Å²) >= 11 is 5.85. The highest BCUT2D eigenvalue weighted by Gasteiger charge is 2.41. The van der Waals surface area contributed by atoms with Gasteiger partial charge in [0.15, 0.2) is 0 Å². The van der Waals surface area contributed by atoms with Crippen LogP contribution in [0.5, 0.6) is 0 Å². The van der Waals surface area contributed by atoms with Gasteiger partial charge < -0.3 is 5.73 Å². The molecule has 1 saturated carbocycles. The topological polar surface area (TPSA) is 80.5 Å². The number of nitrogens with two attached hydrogens (primary N) is 1. The molecule has 0 unspecified atom stereocenters. The molecular formula is C20H20ClF3N2O3S. The Morgan fingerprint density at radius 3 is 2.20 bits per heavy atom. The fourth-order valence-electron chi connectivity index (χ4n) is 3.72. The van der Waals surface area contributed by atoms with Crippen LogP contribution in [0, 0.1) is 5.92 Å². The molecule has 0 spiro atoms. The van der Waals surface area contributed by atoms with Crippen molar-refractivity contribution in [1.82, 2.24) is 4.31 Å². The van der Waals surface area contributed by atoms with E-state index in [2.05, 4.69) is 0 Å². The normalized spacial score (nSPS) is 19.9. The van der Waals surface area contributed by atoms with Gasteiger partial charge in [0.1, 0.15) is 0 Å². The third-order valence-corrected chi connectivity index (χ3v) is 7.39. The van der Waals surface area contributed by atoms with Crippen molar-refractivity contribution in [3.63, 3.8) is 0 Å². The predicted octanol–water partition coefficient (Wildman–Crippen LogP) is 4.20. The number of primary amides is 1. The highest BCUT2D eigenvalue weighted by molar-refractivity contribution is 7.89. The Kier molecular flexibility index (Phi) is 6.45. The summed E-state index contributed by atoms with van der Waals surface area (Å²) in [5.41, 5.74) is 5.03. The fraction of sp³-hybridized carbons (Fsp3) is 0.350. The fourth-order valence-corrected chi connectivity index (χ4v) is 5.52. The molecule has 0 heterocycles. The molecule has 3 rings (SSSR count). The van der Waals surface area contributed by atoms with Gasteiger partial charge in [0, 0.05) is 17.6 Å². The number of nitrogens with zero attached hydrogens (tertiary/aromatic N) is 1. The lowest BCUT2D eigenvalue weighted by Gasteiger charge is -2.31. The third-order valence-electron chi connectivity index (χ3n) is 5.25. The molecule has 0 aromatic heterocycles. The van der Waals surface area contributed by atoms with Crippen molar-refractivity contribution in [2.75, 3.05) is 0 Å². The molecule has 0 saturated heterocycles. The first-order valence-corrected chi connectivity index (χ1v) is 11.0. The molecule has 0 aliphatic heterocycles. The van der Waals surface area contributed by atoms with Gasteiger partial charge in [0.05, 0.1) is 16.4 Å². The molecule has 1 aliphatic rings. The maximum atomic E-state index is 13.4. The van der Waals surface area contributed by atoms with Crippen molar-refractivity contribution in [2.45, 2.75) is 42.9 Å². The van der Waals surface area contributed by atoms with Gasteiger partial charge in [0.2, 0.25) is 15.9 Å². The minimum atomic E-state index is -4.49. The van der Waals surface area contributed by atoms with Crippen LogP contribution in [0.1, 0.15) is 30.4 Å². The maximum absolute atomic E-state index is 13.4. The number of carbonyl (C=O) groups excluding carboxylic acids is 1. The first-order valence-electron chi connectivity index (χ1n) is 9.23. The molecule has 0 bridgehead atoms. The number of rotatable bonds is 6. The highest BCUT2D eigenvalue weighted by atomic mass is 35.5. The molecule has 2 atom stereocenters. The van der Waals surface area contributed by atoms with Crippen molar-refractivity contribution in [2.24, 2.45) is 11.7 Å². The molecular weight excluding hydrogens is 441 g/mol. The van der Waals surface area contributed by atoms with Crippen molar-refractivity contribution in [1.29, 1.82) is 0 Å². The van der Waals surface area contributed by atoms with E-state index in [1.54, 1.807) is 0 Å². The summed E-state index contributed by atoms with van der Waals surface area (Å²) in [6, 6.07) is 9.19. The van der Waals surface area contributed by atoms with Gasteiger partial charge in [-0.1, -0.05) is 30.2 Å².